The summed E-state index contributed by atoms with van der Waals surface area (Å²) in [6, 6.07) is 0.215. The predicted molar refractivity (Wildman–Crippen MR) is 69.0 cm³/mol. The molecule has 0 saturated carbocycles. The van der Waals surface area contributed by atoms with Gasteiger partial charge in [0.25, 0.3) is 0 Å². The van der Waals surface area contributed by atoms with Gasteiger partial charge in [-0.2, -0.15) is 12.6 Å². The summed E-state index contributed by atoms with van der Waals surface area (Å²) >= 11 is 4.46. The van der Waals surface area contributed by atoms with Crippen molar-refractivity contribution in [2.45, 2.75) is 63.9 Å². The lowest BCUT2D eigenvalue weighted by molar-refractivity contribution is 0.0102. The van der Waals surface area contributed by atoms with Crippen LogP contribution in [-0.2, 0) is 4.74 Å². The zero-order valence-electron chi connectivity index (χ0n) is 10.7. The number of thiol groups is 1. The number of carbonyl (C=O) groups is 1. The van der Waals surface area contributed by atoms with Crippen LogP contribution in [0.1, 0.15) is 47.0 Å². The molecule has 1 heterocycles. The summed E-state index contributed by atoms with van der Waals surface area (Å²) in [5, 5.41) is 0.202. The van der Waals surface area contributed by atoms with Gasteiger partial charge in [-0.05, 0) is 40.0 Å². The molecule has 0 radical (unpaired) electrons. The van der Waals surface area contributed by atoms with Crippen molar-refractivity contribution < 1.29 is 9.53 Å². The van der Waals surface area contributed by atoms with Crippen LogP contribution in [0.25, 0.3) is 0 Å². The fourth-order valence-corrected chi connectivity index (χ4v) is 2.32. The second kappa shape index (κ2) is 5.30. The van der Waals surface area contributed by atoms with Gasteiger partial charge in [0, 0.05) is 17.8 Å². The number of hydrogen-bond donors (Lipinski definition) is 1. The fraction of sp³-hybridized carbons (Fsp3) is 0.917. The molecule has 16 heavy (non-hydrogen) atoms. The molecule has 1 rings (SSSR count). The Morgan fingerprint density at radius 3 is 2.56 bits per heavy atom. The Bertz CT molecular complexity index is 248. The van der Waals surface area contributed by atoms with E-state index in [0.717, 1.165) is 19.4 Å². The summed E-state index contributed by atoms with van der Waals surface area (Å²) in [5.74, 6) is 0. The monoisotopic (exact) mass is 245 g/mol. The van der Waals surface area contributed by atoms with Crippen LogP contribution in [0.15, 0.2) is 0 Å². The summed E-state index contributed by atoms with van der Waals surface area (Å²) in [6.07, 6.45) is 3.08. The van der Waals surface area contributed by atoms with E-state index in [0.29, 0.717) is 0 Å². The van der Waals surface area contributed by atoms with Gasteiger partial charge in [0.15, 0.2) is 0 Å². The van der Waals surface area contributed by atoms with E-state index < -0.39 is 5.60 Å². The molecule has 0 bridgehead atoms. The molecule has 2 atom stereocenters. The third kappa shape index (κ3) is 3.89. The van der Waals surface area contributed by atoms with Gasteiger partial charge in [0.1, 0.15) is 5.60 Å². The molecule has 1 fully saturated rings. The van der Waals surface area contributed by atoms with Crippen molar-refractivity contribution in [2.24, 2.45) is 0 Å². The second-order valence-corrected chi connectivity index (χ2v) is 6.29. The first-order valence-corrected chi connectivity index (χ1v) is 6.50. The molecule has 0 N–H and O–H groups in total. The van der Waals surface area contributed by atoms with Crippen molar-refractivity contribution in [3.05, 3.63) is 0 Å². The number of hydrogen-bond acceptors (Lipinski definition) is 3. The number of piperidine rings is 1. The highest BCUT2D eigenvalue weighted by molar-refractivity contribution is 7.81. The largest absolute Gasteiger partial charge is 0.444 e. The first kappa shape index (κ1) is 13.7. The molecule has 4 heteroatoms. The van der Waals surface area contributed by atoms with E-state index in [9.17, 15) is 4.79 Å². The predicted octanol–water partition coefficient (Wildman–Crippen LogP) is 3.09. The Balaban J connectivity index is 2.64. The lowest BCUT2D eigenvalue weighted by Gasteiger charge is -2.38. The Morgan fingerprint density at radius 1 is 1.44 bits per heavy atom. The third-order valence-corrected chi connectivity index (χ3v) is 3.08. The van der Waals surface area contributed by atoms with E-state index in [2.05, 4.69) is 12.6 Å². The molecule has 0 aromatic heterocycles. The first-order chi connectivity index (χ1) is 7.31. The summed E-state index contributed by atoms with van der Waals surface area (Å²) in [6.45, 7) is 8.52. The van der Waals surface area contributed by atoms with Crippen molar-refractivity contribution in [1.29, 1.82) is 0 Å². The van der Waals surface area contributed by atoms with Crippen LogP contribution >= 0.6 is 12.6 Å². The molecule has 0 unspecified atom stereocenters. The summed E-state index contributed by atoms with van der Waals surface area (Å²) in [5.41, 5.74) is -0.418. The highest BCUT2D eigenvalue weighted by Crippen LogP contribution is 2.24. The minimum Gasteiger partial charge on any atom is -0.444 e. The third-order valence-electron chi connectivity index (χ3n) is 2.73. The van der Waals surface area contributed by atoms with E-state index in [-0.39, 0.29) is 17.4 Å². The quantitative estimate of drug-likeness (QED) is 0.719. The maximum absolute atomic E-state index is 12.0. The number of amides is 1. The topological polar surface area (TPSA) is 29.5 Å². The van der Waals surface area contributed by atoms with Gasteiger partial charge in [-0.25, -0.2) is 4.79 Å². The van der Waals surface area contributed by atoms with Crippen LogP contribution in [0.4, 0.5) is 4.79 Å². The molecule has 0 aromatic rings. The molecule has 0 aromatic carbocycles. The summed E-state index contributed by atoms with van der Waals surface area (Å²) < 4.78 is 5.41. The number of carbonyl (C=O) groups excluding carboxylic acids is 1. The van der Waals surface area contributed by atoms with Crippen molar-refractivity contribution in [3.8, 4) is 0 Å². The molecule has 94 valence electrons. The average molecular weight is 245 g/mol. The van der Waals surface area contributed by atoms with E-state index in [1.807, 2.05) is 32.6 Å². The van der Waals surface area contributed by atoms with Crippen molar-refractivity contribution in [1.82, 2.24) is 4.90 Å². The van der Waals surface area contributed by atoms with E-state index in [1.54, 1.807) is 0 Å². The number of nitrogens with zero attached hydrogens (tertiary/aromatic N) is 1. The molecule has 0 spiro atoms. The first-order valence-electron chi connectivity index (χ1n) is 5.99. The van der Waals surface area contributed by atoms with Crippen LogP contribution in [0, 0.1) is 0 Å². The van der Waals surface area contributed by atoms with Gasteiger partial charge in [-0.15, -0.1) is 0 Å². The number of ether oxygens (including phenoxy) is 1. The second-order valence-electron chi connectivity index (χ2n) is 5.48. The van der Waals surface area contributed by atoms with Crippen LogP contribution in [0.2, 0.25) is 0 Å². The maximum atomic E-state index is 12.0. The fourth-order valence-electron chi connectivity index (χ4n) is 2.01. The lowest BCUT2D eigenvalue weighted by Crippen LogP contribution is -2.49. The summed E-state index contributed by atoms with van der Waals surface area (Å²) in [4.78, 5) is 13.8. The Kier molecular flexibility index (Phi) is 4.53. The van der Waals surface area contributed by atoms with E-state index in [4.69, 9.17) is 4.74 Å². The normalized spacial score (nSPS) is 24.1. The Morgan fingerprint density at radius 2 is 2.06 bits per heavy atom. The van der Waals surface area contributed by atoms with Crippen LogP contribution in [0.5, 0.6) is 0 Å². The highest BCUT2D eigenvalue weighted by atomic mass is 32.1. The van der Waals surface area contributed by atoms with Gasteiger partial charge in [0.05, 0.1) is 0 Å². The Hall–Kier alpha value is -0.380. The number of likely N-dealkylation sites (tertiary alicyclic amines) is 1. The van der Waals surface area contributed by atoms with Gasteiger partial charge in [0.2, 0.25) is 0 Å². The van der Waals surface area contributed by atoms with Crippen molar-refractivity contribution in [3.63, 3.8) is 0 Å². The van der Waals surface area contributed by atoms with Crippen LogP contribution in [-0.4, -0.2) is 34.4 Å². The van der Waals surface area contributed by atoms with Gasteiger partial charge < -0.3 is 9.64 Å². The molecule has 1 aliphatic rings. The average Bonchev–Trinajstić information content (AvgIpc) is 2.15. The van der Waals surface area contributed by atoms with Crippen molar-refractivity contribution >= 4 is 18.7 Å². The maximum Gasteiger partial charge on any atom is 0.410 e. The zero-order chi connectivity index (χ0) is 12.3. The minimum absolute atomic E-state index is 0.196. The molecule has 3 nitrogen and oxygen atoms in total. The minimum atomic E-state index is -0.418. The number of rotatable bonds is 1. The van der Waals surface area contributed by atoms with E-state index in [1.165, 1.54) is 6.42 Å². The smallest absolute Gasteiger partial charge is 0.410 e. The van der Waals surface area contributed by atoms with Gasteiger partial charge in [-0.1, -0.05) is 6.92 Å². The molecule has 1 aliphatic heterocycles. The van der Waals surface area contributed by atoms with Gasteiger partial charge >= 0.3 is 6.09 Å². The van der Waals surface area contributed by atoms with Gasteiger partial charge in [-0.3, -0.25) is 0 Å². The molecule has 1 saturated heterocycles. The van der Waals surface area contributed by atoms with E-state index >= 15 is 0 Å². The molecule has 1 amide bonds. The molecule has 0 aliphatic carbocycles. The lowest BCUT2D eigenvalue weighted by atomic mass is 10.0. The van der Waals surface area contributed by atoms with Crippen LogP contribution < -0.4 is 0 Å². The van der Waals surface area contributed by atoms with Crippen LogP contribution in [0.3, 0.4) is 0 Å². The molecular weight excluding hydrogens is 222 g/mol. The summed E-state index contributed by atoms with van der Waals surface area (Å²) in [7, 11) is 0. The van der Waals surface area contributed by atoms with Crippen molar-refractivity contribution in [2.75, 3.05) is 6.54 Å². The Labute approximate surface area is 104 Å². The molecular formula is C12H23NO2S. The SMILES string of the molecule is C[C@@H](S)[C@H]1CCCCN1C(=O)OC(C)(C)C. The highest BCUT2D eigenvalue weighted by Gasteiger charge is 2.32. The zero-order valence-corrected chi connectivity index (χ0v) is 11.6. The standard InChI is InChI=1S/C12H23NO2S/c1-9(16)10-7-5-6-8-13(10)11(14)15-12(2,3)4/h9-10,16H,5-8H2,1-4H3/t9-,10-/m1/s1.